The van der Waals surface area contributed by atoms with E-state index in [1.807, 2.05) is 32.4 Å². The molecule has 1 unspecified atom stereocenters. The molecule has 0 spiro atoms. The van der Waals surface area contributed by atoms with Crippen molar-refractivity contribution in [1.82, 2.24) is 25.0 Å². The Labute approximate surface area is 320 Å². The van der Waals surface area contributed by atoms with E-state index in [-0.39, 0.29) is 19.8 Å². The van der Waals surface area contributed by atoms with Gasteiger partial charge in [-0.05, 0) is 69.1 Å². The Morgan fingerprint density at radius 1 is 0.981 bits per heavy atom. The fourth-order valence-electron chi connectivity index (χ4n) is 6.94. The van der Waals surface area contributed by atoms with Gasteiger partial charge in [-0.1, -0.05) is 41.9 Å². The molecule has 5 aromatic rings. The van der Waals surface area contributed by atoms with E-state index in [2.05, 4.69) is 55.1 Å². The lowest BCUT2D eigenvalue weighted by Gasteiger charge is -2.23. The predicted molar refractivity (Wildman–Crippen MR) is 209 cm³/mol. The molecule has 1 atom stereocenters. The molecule has 6 rings (SSSR count). The van der Waals surface area contributed by atoms with Crippen LogP contribution in [0.4, 0.5) is 5.69 Å². The van der Waals surface area contributed by atoms with Gasteiger partial charge in [-0.25, -0.2) is 0 Å². The number of fused-ring (bicyclic) bond motifs is 1. The second kappa shape index (κ2) is 18.2. The van der Waals surface area contributed by atoms with Crippen molar-refractivity contribution in [2.24, 2.45) is 0 Å². The van der Waals surface area contributed by atoms with Gasteiger partial charge in [0, 0.05) is 73.3 Å². The number of hydrogen-bond donors (Lipinski definition) is 3. The Kier molecular flexibility index (Phi) is 13.0. The van der Waals surface area contributed by atoms with Crippen LogP contribution in [0.2, 0.25) is 5.02 Å². The third kappa shape index (κ3) is 9.29. The van der Waals surface area contributed by atoms with Gasteiger partial charge in [0.2, 0.25) is 0 Å². The van der Waals surface area contributed by atoms with Crippen LogP contribution in [-0.2, 0) is 31.1 Å². The van der Waals surface area contributed by atoms with E-state index in [1.54, 1.807) is 24.4 Å². The van der Waals surface area contributed by atoms with Crippen molar-refractivity contribution in [2.75, 3.05) is 45.2 Å². The van der Waals surface area contributed by atoms with E-state index in [1.165, 1.54) is 32.1 Å². The van der Waals surface area contributed by atoms with Gasteiger partial charge in [-0.3, -0.25) is 19.8 Å². The number of aliphatic carboxylic acids is 1. The number of aromatic nitrogens is 3. The molecule has 0 amide bonds. The number of para-hydroxylation sites is 1. The molecule has 3 heterocycles. The molecule has 13 heteroatoms. The lowest BCUT2D eigenvalue weighted by Crippen LogP contribution is -2.39. The molecule has 2 aromatic heterocycles. The Balaban J connectivity index is 1.23. The molecule has 3 aromatic carbocycles. The van der Waals surface area contributed by atoms with Crippen LogP contribution >= 0.6 is 11.6 Å². The summed E-state index contributed by atoms with van der Waals surface area (Å²) >= 11 is 6.77. The zero-order valence-electron chi connectivity index (χ0n) is 30.7. The van der Waals surface area contributed by atoms with E-state index in [0.717, 1.165) is 59.2 Å². The van der Waals surface area contributed by atoms with Crippen LogP contribution < -0.4 is 19.7 Å². The molecule has 1 aliphatic heterocycles. The fourth-order valence-corrected chi connectivity index (χ4v) is 7.18. The zero-order chi connectivity index (χ0) is 38.0. The summed E-state index contributed by atoms with van der Waals surface area (Å²) in [6.45, 7) is 4.23. The molecule has 0 bridgehead atoms. The topological polar surface area (TPSA) is 149 Å². The number of anilines is 1. The molecule has 1 aliphatic rings. The predicted octanol–water partition coefficient (Wildman–Crippen LogP) is 6.26. The molecule has 3 N–H and O–H groups in total. The van der Waals surface area contributed by atoms with Gasteiger partial charge < -0.3 is 29.5 Å². The first-order valence-corrected chi connectivity index (χ1v) is 18.6. The summed E-state index contributed by atoms with van der Waals surface area (Å²) < 4.78 is 14.7. The van der Waals surface area contributed by atoms with Gasteiger partial charge in [0.25, 0.3) is 0 Å². The Bertz CT molecular complexity index is 2110. The van der Waals surface area contributed by atoms with Crippen molar-refractivity contribution in [2.45, 2.75) is 58.0 Å². The highest BCUT2D eigenvalue weighted by Gasteiger charge is 2.20. The zero-order valence-corrected chi connectivity index (χ0v) is 31.4. The van der Waals surface area contributed by atoms with Gasteiger partial charge in [-0.15, -0.1) is 0 Å². The number of nitriles is 1. The second-order valence-electron chi connectivity index (χ2n) is 13.7. The molecule has 1 fully saturated rings. The minimum atomic E-state index is -1.18. The van der Waals surface area contributed by atoms with E-state index >= 15 is 0 Å². The monoisotopic (exact) mass is 751 g/mol. The van der Waals surface area contributed by atoms with Crippen molar-refractivity contribution < 1.29 is 24.5 Å². The smallest absolute Gasteiger partial charge is 0.323 e. The number of likely N-dealkylation sites (tertiary alicyclic amines) is 1. The van der Waals surface area contributed by atoms with Crippen LogP contribution in [0.3, 0.4) is 0 Å². The molecule has 54 heavy (non-hydrogen) atoms. The molecule has 12 nitrogen and oxygen atoms in total. The maximum absolute atomic E-state index is 11.5. The average Bonchev–Trinajstić information content (AvgIpc) is 3.86. The molecule has 0 saturated carbocycles. The number of nitrogens with zero attached hydrogens (tertiary/aromatic N) is 6. The number of benzene rings is 3. The maximum atomic E-state index is 11.5. The first-order valence-electron chi connectivity index (χ1n) is 18.2. The minimum Gasteiger partial charge on any atom is -0.488 e. The molecule has 0 radical (unpaired) electrons. The second-order valence-corrected chi connectivity index (χ2v) is 14.1. The number of aryl methyl sites for hydroxylation is 1. The highest BCUT2D eigenvalue weighted by atomic mass is 35.5. The largest absolute Gasteiger partial charge is 0.488 e. The molecule has 1 saturated heterocycles. The number of pyridine rings is 1. The molecule has 282 valence electrons. The van der Waals surface area contributed by atoms with Crippen LogP contribution in [0.5, 0.6) is 11.5 Å². The number of aliphatic hydroxyl groups is 1. The van der Waals surface area contributed by atoms with Crippen LogP contribution in [0.1, 0.15) is 47.9 Å². The van der Waals surface area contributed by atoms with Gasteiger partial charge in [0.05, 0.1) is 34.6 Å². The fraction of sp³-hybridized carbons (Fsp3) is 0.366. The number of carboxylic acids is 1. The van der Waals surface area contributed by atoms with Crippen molar-refractivity contribution >= 4 is 34.2 Å². The normalized spacial score (nSPS) is 13.5. The lowest BCUT2D eigenvalue weighted by atomic mass is 9.97. The average molecular weight is 752 g/mol. The number of nitrogens with one attached hydrogen (secondary N) is 1. The summed E-state index contributed by atoms with van der Waals surface area (Å²) in [5, 5.41) is 37.3. The third-order valence-electron chi connectivity index (χ3n) is 9.67. The maximum Gasteiger partial charge on any atom is 0.323 e. The first kappa shape index (κ1) is 38.5. The number of hydrogen-bond acceptors (Lipinski definition) is 10. The highest BCUT2D eigenvalue weighted by Crippen LogP contribution is 2.39. The summed E-state index contributed by atoms with van der Waals surface area (Å²) in [6.07, 6.45) is 9.91. The Morgan fingerprint density at radius 2 is 1.74 bits per heavy atom. The molecule has 0 aliphatic carbocycles. The van der Waals surface area contributed by atoms with Crippen LogP contribution in [0, 0.1) is 11.3 Å². The standard InChI is InChI=1S/C41H46ClN7O5/c1-47(2)40-30(9-7-11-33(40)32-10-8-12-37-34(32)24-46-49(37)16-6-5-15-48-13-3-4-14-48)27-54-39-19-38(53-26-29-17-28(20-43)21-44-22-29)31(18-35(39)42)23-45-36(25-50)41(51)52/h7-12,17-19,21-22,24,36,45,50H,3-6,13-16,23,25-27H2,1-2H3,(H,51,52). The van der Waals surface area contributed by atoms with E-state index in [9.17, 15) is 20.3 Å². The summed E-state index contributed by atoms with van der Waals surface area (Å²) in [5.41, 5.74) is 6.84. The molecular formula is C41H46ClN7O5. The summed E-state index contributed by atoms with van der Waals surface area (Å²) in [6, 6.07) is 18.5. The van der Waals surface area contributed by atoms with Gasteiger partial charge in [-0.2, -0.15) is 10.4 Å². The van der Waals surface area contributed by atoms with Crippen molar-refractivity contribution in [3.63, 3.8) is 0 Å². The SMILES string of the molecule is CN(C)c1c(COc2cc(OCc3cncc(C#N)c3)c(CNC(CO)C(=O)O)cc2Cl)cccc1-c1cccc2c1cnn2CCCCN1CCCC1. The Hall–Kier alpha value is -5.19. The lowest BCUT2D eigenvalue weighted by molar-refractivity contribution is -0.140. The number of halogens is 1. The van der Waals surface area contributed by atoms with E-state index in [0.29, 0.717) is 33.2 Å². The number of carbonyl (C=O) groups is 1. The number of aliphatic hydroxyl groups excluding tert-OH is 1. The van der Waals surface area contributed by atoms with Crippen LogP contribution in [-0.4, -0.2) is 82.2 Å². The first-order chi connectivity index (χ1) is 26.2. The molecular weight excluding hydrogens is 706 g/mol. The van der Waals surface area contributed by atoms with Crippen molar-refractivity contribution in [3.05, 3.63) is 100 Å². The summed E-state index contributed by atoms with van der Waals surface area (Å²) in [5.74, 6) is -0.412. The van der Waals surface area contributed by atoms with Crippen molar-refractivity contribution in [3.8, 4) is 28.7 Å². The number of unbranched alkanes of at least 4 members (excludes halogenated alkanes) is 1. The number of carboxylic acid groups (broad SMARTS) is 1. The van der Waals surface area contributed by atoms with Gasteiger partial charge in [0.15, 0.2) is 0 Å². The number of ether oxygens (including phenoxy) is 2. The minimum absolute atomic E-state index is 0.0525. The van der Waals surface area contributed by atoms with Crippen LogP contribution in [0.25, 0.3) is 22.0 Å². The highest BCUT2D eigenvalue weighted by molar-refractivity contribution is 6.32. The van der Waals surface area contributed by atoms with E-state index in [4.69, 9.17) is 26.2 Å². The van der Waals surface area contributed by atoms with Gasteiger partial charge in [0.1, 0.15) is 36.8 Å². The summed E-state index contributed by atoms with van der Waals surface area (Å²) in [4.78, 5) is 20.3. The summed E-state index contributed by atoms with van der Waals surface area (Å²) in [7, 11) is 4.03. The van der Waals surface area contributed by atoms with E-state index < -0.39 is 18.6 Å². The van der Waals surface area contributed by atoms with Crippen LogP contribution in [0.15, 0.2) is 73.2 Å². The quantitative estimate of drug-likeness (QED) is 0.0872. The van der Waals surface area contributed by atoms with Gasteiger partial charge >= 0.3 is 5.97 Å². The Morgan fingerprint density at radius 3 is 2.50 bits per heavy atom. The number of rotatable bonds is 18. The third-order valence-corrected chi connectivity index (χ3v) is 9.97. The van der Waals surface area contributed by atoms with Crippen molar-refractivity contribution in [1.29, 1.82) is 5.26 Å².